The normalized spacial score (nSPS) is 11.3. The summed E-state index contributed by atoms with van der Waals surface area (Å²) in [6.07, 6.45) is 9.62. The second-order valence-corrected chi connectivity index (χ2v) is 5.76. The number of pyridine rings is 1. The van der Waals surface area contributed by atoms with Crippen LogP contribution in [0.2, 0.25) is 0 Å². The van der Waals surface area contributed by atoms with Crippen molar-refractivity contribution in [1.82, 2.24) is 10.4 Å². The molecule has 2 aromatic rings. The Bertz CT molecular complexity index is 597. The molecule has 1 aromatic carbocycles. The number of hydrogen-bond donors (Lipinski definition) is 1. The van der Waals surface area contributed by atoms with Gasteiger partial charge in [-0.15, -0.1) is 0 Å². The lowest BCUT2D eigenvalue weighted by Gasteiger charge is -2.08. The third kappa shape index (κ3) is 5.95. The number of nitrogens with zero attached hydrogens (tertiary/aromatic N) is 2. The van der Waals surface area contributed by atoms with E-state index >= 15 is 0 Å². The highest BCUT2D eigenvalue weighted by atomic mass is 16.2. The van der Waals surface area contributed by atoms with Gasteiger partial charge in [0.2, 0.25) is 5.91 Å². The first kappa shape index (κ1) is 17.9. The van der Waals surface area contributed by atoms with Crippen molar-refractivity contribution in [1.29, 1.82) is 0 Å². The van der Waals surface area contributed by atoms with E-state index in [0.29, 0.717) is 6.42 Å². The molecule has 0 saturated heterocycles. The van der Waals surface area contributed by atoms with Crippen molar-refractivity contribution in [3.63, 3.8) is 0 Å². The second-order valence-electron chi connectivity index (χ2n) is 5.76. The predicted octanol–water partition coefficient (Wildman–Crippen LogP) is 4.31. The molecule has 0 unspecified atom stereocenters. The van der Waals surface area contributed by atoms with Crippen LogP contribution in [-0.4, -0.2) is 16.6 Å². The molecule has 0 fully saturated rings. The van der Waals surface area contributed by atoms with Crippen LogP contribution in [-0.2, 0) is 4.79 Å². The summed E-state index contributed by atoms with van der Waals surface area (Å²) >= 11 is 0. The molecule has 4 heteroatoms. The van der Waals surface area contributed by atoms with Gasteiger partial charge in [-0.2, -0.15) is 5.10 Å². The average molecular weight is 323 g/mol. The monoisotopic (exact) mass is 323 g/mol. The van der Waals surface area contributed by atoms with Gasteiger partial charge in [-0.25, -0.2) is 5.43 Å². The third-order valence-corrected chi connectivity index (χ3v) is 3.80. The van der Waals surface area contributed by atoms with Crippen molar-refractivity contribution >= 4 is 11.6 Å². The van der Waals surface area contributed by atoms with Crippen LogP contribution in [0, 0.1) is 0 Å². The second kappa shape index (κ2) is 10.3. The molecule has 1 aromatic heterocycles. The van der Waals surface area contributed by atoms with E-state index < -0.39 is 0 Å². The maximum absolute atomic E-state index is 12.0. The van der Waals surface area contributed by atoms with Gasteiger partial charge in [-0.1, -0.05) is 62.9 Å². The van der Waals surface area contributed by atoms with Crippen LogP contribution >= 0.6 is 0 Å². The lowest BCUT2D eigenvalue weighted by molar-refractivity contribution is -0.121. The van der Waals surface area contributed by atoms with E-state index in [9.17, 15) is 4.79 Å². The van der Waals surface area contributed by atoms with Crippen LogP contribution in [0.15, 0.2) is 60.0 Å². The van der Waals surface area contributed by atoms with Crippen LogP contribution in [0.5, 0.6) is 0 Å². The first-order chi connectivity index (χ1) is 11.8. The van der Waals surface area contributed by atoms with Gasteiger partial charge in [0.15, 0.2) is 0 Å². The zero-order chi connectivity index (χ0) is 17.0. The number of hydrogen-bond acceptors (Lipinski definition) is 3. The minimum Gasteiger partial charge on any atom is -0.273 e. The van der Waals surface area contributed by atoms with Gasteiger partial charge in [-0.3, -0.25) is 9.78 Å². The number of nitrogens with one attached hydrogen (secondary N) is 1. The predicted molar refractivity (Wildman–Crippen MR) is 97.8 cm³/mol. The molecular weight excluding hydrogens is 298 g/mol. The fourth-order valence-electron chi connectivity index (χ4n) is 2.46. The molecule has 0 aliphatic carbocycles. The molecule has 0 spiro atoms. The zero-order valence-electron chi connectivity index (χ0n) is 14.2. The molecule has 1 amide bonds. The molecule has 1 N–H and O–H groups in total. The van der Waals surface area contributed by atoms with E-state index in [-0.39, 0.29) is 5.91 Å². The molecular formula is C20H25N3O. The number of hydrazone groups is 1. The lowest BCUT2D eigenvalue weighted by atomic mass is 10.0. The van der Waals surface area contributed by atoms with E-state index in [4.69, 9.17) is 0 Å². The molecule has 24 heavy (non-hydrogen) atoms. The largest absolute Gasteiger partial charge is 0.273 e. The average Bonchev–Trinajstić information content (AvgIpc) is 2.63. The molecule has 0 saturated carbocycles. The summed E-state index contributed by atoms with van der Waals surface area (Å²) in [7, 11) is 0. The Morgan fingerprint density at radius 1 is 0.958 bits per heavy atom. The zero-order valence-corrected chi connectivity index (χ0v) is 14.2. The number of rotatable bonds is 9. The van der Waals surface area contributed by atoms with Crippen molar-refractivity contribution in [3.8, 4) is 0 Å². The SMILES string of the molecule is CCCCCCCC(=O)NN=C(c1ccccc1)c1ccncc1. The number of aromatic nitrogens is 1. The lowest BCUT2D eigenvalue weighted by Crippen LogP contribution is -2.20. The minimum atomic E-state index is -0.0333. The van der Waals surface area contributed by atoms with Gasteiger partial charge >= 0.3 is 0 Å². The fraction of sp³-hybridized carbons (Fsp3) is 0.350. The highest BCUT2D eigenvalue weighted by Gasteiger charge is 2.08. The minimum absolute atomic E-state index is 0.0333. The number of amides is 1. The first-order valence-electron chi connectivity index (χ1n) is 8.63. The van der Waals surface area contributed by atoms with Crippen LogP contribution < -0.4 is 5.43 Å². The summed E-state index contributed by atoms with van der Waals surface area (Å²) in [5.41, 5.74) is 5.34. The Kier molecular flexibility index (Phi) is 7.68. The first-order valence-corrected chi connectivity index (χ1v) is 8.63. The molecule has 0 aliphatic rings. The summed E-state index contributed by atoms with van der Waals surface area (Å²) in [5.74, 6) is -0.0333. The molecule has 0 bridgehead atoms. The highest BCUT2D eigenvalue weighted by molar-refractivity contribution is 6.13. The van der Waals surface area contributed by atoms with Crippen molar-refractivity contribution in [3.05, 3.63) is 66.0 Å². The van der Waals surface area contributed by atoms with Gasteiger partial charge in [0, 0.05) is 29.9 Å². The summed E-state index contributed by atoms with van der Waals surface area (Å²) in [6, 6.07) is 13.6. The summed E-state index contributed by atoms with van der Waals surface area (Å²) < 4.78 is 0. The Labute approximate surface area is 144 Å². The standard InChI is InChI=1S/C20H25N3O/c1-2-3-4-5-9-12-19(24)22-23-20(17-10-7-6-8-11-17)18-13-15-21-16-14-18/h6-8,10-11,13-16H,2-5,9,12H2,1H3,(H,22,24). The molecule has 2 rings (SSSR count). The van der Waals surface area contributed by atoms with Crippen LogP contribution in [0.25, 0.3) is 0 Å². The molecule has 126 valence electrons. The number of benzene rings is 1. The number of unbranched alkanes of at least 4 members (excludes halogenated alkanes) is 4. The Balaban J connectivity index is 2.00. The molecule has 0 aliphatic heterocycles. The van der Waals surface area contributed by atoms with Crippen molar-refractivity contribution < 1.29 is 4.79 Å². The highest BCUT2D eigenvalue weighted by Crippen LogP contribution is 2.10. The van der Waals surface area contributed by atoms with Crippen LogP contribution in [0.3, 0.4) is 0 Å². The Hall–Kier alpha value is -2.49. The third-order valence-electron chi connectivity index (χ3n) is 3.80. The summed E-state index contributed by atoms with van der Waals surface area (Å²) in [5, 5.41) is 4.37. The van der Waals surface area contributed by atoms with Crippen LogP contribution in [0.4, 0.5) is 0 Å². The molecule has 0 atom stereocenters. The number of carbonyl (C=O) groups excluding carboxylic acids is 1. The van der Waals surface area contributed by atoms with Crippen molar-refractivity contribution in [2.24, 2.45) is 5.10 Å². The Morgan fingerprint density at radius 3 is 2.33 bits per heavy atom. The van der Waals surface area contributed by atoms with Gasteiger partial charge in [0.1, 0.15) is 0 Å². The van der Waals surface area contributed by atoms with E-state index in [1.165, 1.54) is 19.3 Å². The maximum atomic E-state index is 12.0. The molecule has 0 radical (unpaired) electrons. The van der Waals surface area contributed by atoms with E-state index in [1.54, 1.807) is 12.4 Å². The fourth-order valence-corrected chi connectivity index (χ4v) is 2.46. The van der Waals surface area contributed by atoms with E-state index in [2.05, 4.69) is 22.4 Å². The van der Waals surface area contributed by atoms with E-state index in [0.717, 1.165) is 29.7 Å². The smallest absolute Gasteiger partial charge is 0.240 e. The quantitative estimate of drug-likeness (QED) is 0.425. The Morgan fingerprint density at radius 2 is 1.62 bits per heavy atom. The maximum Gasteiger partial charge on any atom is 0.240 e. The molecule has 4 nitrogen and oxygen atoms in total. The van der Waals surface area contributed by atoms with Crippen molar-refractivity contribution in [2.45, 2.75) is 45.4 Å². The van der Waals surface area contributed by atoms with Crippen molar-refractivity contribution in [2.75, 3.05) is 0 Å². The van der Waals surface area contributed by atoms with E-state index in [1.807, 2.05) is 42.5 Å². The molecule has 1 heterocycles. The van der Waals surface area contributed by atoms with Gasteiger partial charge in [-0.05, 0) is 18.6 Å². The van der Waals surface area contributed by atoms with Crippen LogP contribution in [0.1, 0.15) is 56.6 Å². The summed E-state index contributed by atoms with van der Waals surface area (Å²) in [6.45, 7) is 2.19. The summed E-state index contributed by atoms with van der Waals surface area (Å²) in [4.78, 5) is 16.1. The van der Waals surface area contributed by atoms with Gasteiger partial charge in [0.25, 0.3) is 0 Å². The van der Waals surface area contributed by atoms with Gasteiger partial charge < -0.3 is 0 Å². The van der Waals surface area contributed by atoms with Gasteiger partial charge in [0.05, 0.1) is 5.71 Å². The number of carbonyl (C=O) groups is 1. The topological polar surface area (TPSA) is 54.4 Å².